The van der Waals surface area contributed by atoms with E-state index in [9.17, 15) is 9.36 Å². The van der Waals surface area contributed by atoms with Crippen molar-refractivity contribution in [2.45, 2.75) is 39.6 Å². The van der Waals surface area contributed by atoms with Gasteiger partial charge in [0.1, 0.15) is 6.61 Å². The topological polar surface area (TPSA) is 80.3 Å². The minimum Gasteiger partial charge on any atom is -0.459 e. The van der Waals surface area contributed by atoms with Gasteiger partial charge in [0.25, 0.3) is 0 Å². The predicted octanol–water partition coefficient (Wildman–Crippen LogP) is 3.88. The first-order chi connectivity index (χ1) is 13.0. The summed E-state index contributed by atoms with van der Waals surface area (Å²) < 4.78 is 40.5. The first-order valence-electron chi connectivity index (χ1n) is 9.38. The highest BCUT2D eigenvalue weighted by Crippen LogP contribution is 2.52. The average molecular weight is 400 g/mol. The highest BCUT2D eigenvalue weighted by molar-refractivity contribution is 7.53. The van der Waals surface area contributed by atoms with Gasteiger partial charge in [0.05, 0.1) is 31.0 Å². The Morgan fingerprint density at radius 2 is 1.78 bits per heavy atom. The van der Waals surface area contributed by atoms with Gasteiger partial charge >= 0.3 is 13.6 Å². The van der Waals surface area contributed by atoms with Crippen LogP contribution in [0.2, 0.25) is 0 Å². The van der Waals surface area contributed by atoms with Crippen molar-refractivity contribution in [3.8, 4) is 0 Å². The molecule has 3 atom stereocenters. The van der Waals surface area contributed by atoms with E-state index in [1.165, 1.54) is 0 Å². The highest BCUT2D eigenvalue weighted by atomic mass is 31.2. The smallest absolute Gasteiger partial charge is 0.338 e. The van der Waals surface area contributed by atoms with Crippen molar-refractivity contribution in [2.75, 3.05) is 32.6 Å². The zero-order chi connectivity index (χ0) is 19.7. The Labute approximate surface area is 160 Å². The van der Waals surface area contributed by atoms with Gasteiger partial charge in [0.15, 0.2) is 6.29 Å². The Morgan fingerprint density at radius 1 is 1.11 bits per heavy atom. The van der Waals surface area contributed by atoms with E-state index in [1.807, 2.05) is 13.0 Å². The van der Waals surface area contributed by atoms with E-state index in [-0.39, 0.29) is 18.7 Å². The summed E-state index contributed by atoms with van der Waals surface area (Å²) in [5.41, 5.74) is 0.475. The molecule has 27 heavy (non-hydrogen) atoms. The number of esters is 1. The molecule has 1 aromatic rings. The molecule has 1 heterocycles. The van der Waals surface area contributed by atoms with E-state index in [0.29, 0.717) is 31.8 Å². The summed E-state index contributed by atoms with van der Waals surface area (Å²) in [5.74, 6) is -0.579. The molecule has 1 aliphatic heterocycles. The largest absolute Gasteiger partial charge is 0.459 e. The Morgan fingerprint density at radius 3 is 2.37 bits per heavy atom. The summed E-state index contributed by atoms with van der Waals surface area (Å²) in [4.78, 5) is 12.2. The lowest BCUT2D eigenvalue weighted by atomic mass is 10.0. The summed E-state index contributed by atoms with van der Waals surface area (Å²) in [6.07, 6.45) is -0.0993. The summed E-state index contributed by atoms with van der Waals surface area (Å²) in [6.45, 7) is 6.59. The van der Waals surface area contributed by atoms with E-state index in [4.69, 9.17) is 23.3 Å². The number of rotatable bonds is 11. The zero-order valence-electron chi connectivity index (χ0n) is 16.2. The Hall–Kier alpha value is -1.24. The van der Waals surface area contributed by atoms with E-state index in [0.717, 1.165) is 0 Å². The summed E-state index contributed by atoms with van der Waals surface area (Å²) in [6, 6.07) is 8.76. The van der Waals surface area contributed by atoms with Gasteiger partial charge in [0, 0.05) is 18.9 Å². The van der Waals surface area contributed by atoms with Gasteiger partial charge in [0.2, 0.25) is 0 Å². The van der Waals surface area contributed by atoms with Crippen LogP contribution in [-0.2, 0) is 27.8 Å². The molecule has 1 unspecified atom stereocenters. The molecule has 0 aliphatic carbocycles. The van der Waals surface area contributed by atoms with Crippen LogP contribution in [0.15, 0.2) is 30.3 Å². The standard InChI is InChI=1S/C19H29O7P/c1-4-22-18-12-16(14-27(21,24-5-2)25-6-3)17(26-18)13-23-19(20)15-10-8-7-9-11-15/h7-11,16-18H,4-6,12-14H2,1-3H3/t16-,17-,18?/m1/s1. The lowest BCUT2D eigenvalue weighted by molar-refractivity contribution is -0.139. The number of hydrogen-bond acceptors (Lipinski definition) is 7. The van der Waals surface area contributed by atoms with Crippen LogP contribution in [-0.4, -0.2) is 51.0 Å². The van der Waals surface area contributed by atoms with Gasteiger partial charge in [-0.25, -0.2) is 4.79 Å². The molecule has 0 bridgehead atoms. The first-order valence-corrected chi connectivity index (χ1v) is 11.1. The van der Waals surface area contributed by atoms with Gasteiger partial charge in [-0.05, 0) is 32.9 Å². The zero-order valence-corrected chi connectivity index (χ0v) is 17.1. The van der Waals surface area contributed by atoms with E-state index in [1.54, 1.807) is 38.1 Å². The molecule has 0 amide bonds. The van der Waals surface area contributed by atoms with Crippen molar-refractivity contribution in [3.63, 3.8) is 0 Å². The lowest BCUT2D eigenvalue weighted by Gasteiger charge is -2.23. The van der Waals surface area contributed by atoms with Gasteiger partial charge in [-0.3, -0.25) is 4.57 Å². The number of ether oxygens (including phenoxy) is 3. The van der Waals surface area contributed by atoms with Crippen LogP contribution in [0.4, 0.5) is 0 Å². The van der Waals surface area contributed by atoms with E-state index >= 15 is 0 Å². The monoisotopic (exact) mass is 400 g/mol. The van der Waals surface area contributed by atoms with Crippen LogP contribution >= 0.6 is 7.60 Å². The fraction of sp³-hybridized carbons (Fsp3) is 0.632. The maximum Gasteiger partial charge on any atom is 0.338 e. The van der Waals surface area contributed by atoms with Crippen LogP contribution in [0.1, 0.15) is 37.6 Å². The lowest BCUT2D eigenvalue weighted by Crippen LogP contribution is -2.27. The highest BCUT2D eigenvalue weighted by Gasteiger charge is 2.41. The van der Waals surface area contributed by atoms with Crippen molar-refractivity contribution in [1.29, 1.82) is 0 Å². The molecular weight excluding hydrogens is 371 g/mol. The summed E-state index contributed by atoms with van der Waals surface area (Å²) in [5, 5.41) is 0. The summed E-state index contributed by atoms with van der Waals surface area (Å²) >= 11 is 0. The number of carbonyl (C=O) groups excluding carboxylic acids is 1. The molecule has 0 aromatic heterocycles. The second-order valence-electron chi connectivity index (χ2n) is 6.15. The molecule has 0 radical (unpaired) electrons. The molecule has 1 fully saturated rings. The number of hydrogen-bond donors (Lipinski definition) is 0. The van der Waals surface area contributed by atoms with Gasteiger partial charge < -0.3 is 23.3 Å². The third-order valence-corrected chi connectivity index (χ3v) is 6.42. The van der Waals surface area contributed by atoms with Crippen LogP contribution in [0, 0.1) is 5.92 Å². The SMILES string of the molecule is CCOC1C[C@H](CP(=O)(OCC)OCC)[C@@H](COC(=O)c2ccccc2)O1. The third-order valence-electron chi connectivity index (χ3n) is 4.20. The van der Waals surface area contributed by atoms with E-state index < -0.39 is 26.0 Å². The number of benzene rings is 1. The molecule has 0 saturated carbocycles. The minimum atomic E-state index is -3.23. The maximum atomic E-state index is 12.9. The van der Waals surface area contributed by atoms with Gasteiger partial charge in [-0.2, -0.15) is 0 Å². The Bertz CT molecular complexity index is 612. The normalized spacial score (nSPS) is 22.7. The van der Waals surface area contributed by atoms with Crippen LogP contribution in [0.25, 0.3) is 0 Å². The van der Waals surface area contributed by atoms with Gasteiger partial charge in [-0.15, -0.1) is 0 Å². The van der Waals surface area contributed by atoms with Crippen molar-refractivity contribution >= 4 is 13.6 Å². The summed E-state index contributed by atoms with van der Waals surface area (Å²) in [7, 11) is -3.23. The molecule has 152 valence electrons. The van der Waals surface area contributed by atoms with Crippen LogP contribution < -0.4 is 0 Å². The Kier molecular flexibility index (Phi) is 8.93. The second kappa shape index (κ2) is 10.9. The predicted molar refractivity (Wildman–Crippen MR) is 101 cm³/mol. The second-order valence-corrected chi connectivity index (χ2v) is 8.25. The Balaban J connectivity index is 2.01. The molecule has 1 aliphatic rings. The molecular formula is C19H29O7P. The van der Waals surface area contributed by atoms with Crippen molar-refractivity contribution in [1.82, 2.24) is 0 Å². The third kappa shape index (κ3) is 6.70. The quantitative estimate of drug-likeness (QED) is 0.412. The van der Waals surface area contributed by atoms with Crippen LogP contribution in [0.5, 0.6) is 0 Å². The van der Waals surface area contributed by atoms with Gasteiger partial charge in [-0.1, -0.05) is 18.2 Å². The molecule has 1 aromatic carbocycles. The van der Waals surface area contributed by atoms with E-state index in [2.05, 4.69) is 0 Å². The molecule has 8 heteroatoms. The first kappa shape index (κ1) is 22.1. The molecule has 0 N–H and O–H groups in total. The molecule has 1 saturated heterocycles. The van der Waals surface area contributed by atoms with Crippen molar-refractivity contribution in [3.05, 3.63) is 35.9 Å². The molecule has 0 spiro atoms. The van der Waals surface area contributed by atoms with Crippen molar-refractivity contribution in [2.24, 2.45) is 5.92 Å². The minimum absolute atomic E-state index is 0.0558. The van der Waals surface area contributed by atoms with Crippen LogP contribution in [0.3, 0.4) is 0 Å². The maximum absolute atomic E-state index is 12.9. The fourth-order valence-corrected chi connectivity index (χ4v) is 5.09. The average Bonchev–Trinajstić information content (AvgIpc) is 3.02. The fourth-order valence-electron chi connectivity index (χ4n) is 3.06. The number of carbonyl (C=O) groups is 1. The molecule has 7 nitrogen and oxygen atoms in total. The molecule has 2 rings (SSSR count). The van der Waals surface area contributed by atoms with Crippen molar-refractivity contribution < 1.29 is 32.6 Å².